The maximum atomic E-state index is 13.0. The van der Waals surface area contributed by atoms with E-state index in [2.05, 4.69) is 34.6 Å². The minimum absolute atomic E-state index is 0. The second-order valence-corrected chi connectivity index (χ2v) is 9.76. The van der Waals surface area contributed by atoms with Gasteiger partial charge >= 0.3 is 0 Å². The molecule has 0 bridgehead atoms. The molecule has 0 spiro atoms. The average molecular weight is 378 g/mol. The smallest absolute Gasteiger partial charge is 0.246 e. The van der Waals surface area contributed by atoms with Gasteiger partial charge in [-0.3, -0.25) is 9.59 Å². The largest absolute Gasteiger partial charge is 0.340 e. The molecule has 2 aliphatic heterocycles. The number of likely N-dealkylation sites (tertiary alicyclic amines) is 1. The van der Waals surface area contributed by atoms with Crippen molar-refractivity contribution >= 4 is 36.0 Å². The fraction of sp³-hybridized carbons (Fsp3) is 0.882. The van der Waals surface area contributed by atoms with Crippen LogP contribution in [0, 0.1) is 10.8 Å². The van der Waals surface area contributed by atoms with E-state index in [0.717, 1.165) is 6.42 Å². The molecule has 5 nitrogen and oxygen atoms in total. The molecule has 2 unspecified atom stereocenters. The zero-order chi connectivity index (χ0) is 17.4. The van der Waals surface area contributed by atoms with Gasteiger partial charge in [-0.15, -0.1) is 24.2 Å². The van der Waals surface area contributed by atoms with E-state index in [1.165, 1.54) is 0 Å². The number of nitrogens with two attached hydrogens (primary N) is 1. The maximum absolute atomic E-state index is 13.0. The third-order valence-corrected chi connectivity index (χ3v) is 5.81. The third kappa shape index (κ3) is 5.02. The van der Waals surface area contributed by atoms with Crippen LogP contribution in [0.4, 0.5) is 0 Å². The minimum atomic E-state index is -0.306. The molecule has 140 valence electrons. The molecule has 0 aliphatic carbocycles. The molecule has 0 aromatic carbocycles. The number of carbonyl (C=O) groups excluding carboxylic acids is 2. The van der Waals surface area contributed by atoms with Crippen LogP contribution in [-0.2, 0) is 9.59 Å². The van der Waals surface area contributed by atoms with Crippen molar-refractivity contribution in [1.29, 1.82) is 0 Å². The van der Waals surface area contributed by atoms with E-state index in [9.17, 15) is 9.59 Å². The molecule has 0 radical (unpaired) electrons. The first kappa shape index (κ1) is 21.6. The lowest BCUT2D eigenvalue weighted by atomic mass is 9.79. The van der Waals surface area contributed by atoms with Crippen molar-refractivity contribution in [3.05, 3.63) is 0 Å². The first-order valence-corrected chi connectivity index (χ1v) is 9.58. The molecule has 0 aromatic rings. The zero-order valence-corrected chi connectivity index (χ0v) is 17.1. The Kier molecular flexibility index (Phi) is 7.04. The highest BCUT2D eigenvalue weighted by atomic mass is 35.5. The minimum Gasteiger partial charge on any atom is -0.340 e. The maximum Gasteiger partial charge on any atom is 0.246 e. The SMILES string of the molecule is CC(C)(C)CC(=O)N1CSCC1C(=O)N1CCC(N)C(C)(C)C1.Cl. The van der Waals surface area contributed by atoms with Crippen LogP contribution >= 0.6 is 24.2 Å². The van der Waals surface area contributed by atoms with Crippen LogP contribution in [0.5, 0.6) is 0 Å². The van der Waals surface area contributed by atoms with E-state index in [0.29, 0.717) is 31.1 Å². The third-order valence-electron chi connectivity index (χ3n) is 4.79. The number of hydrogen-bond acceptors (Lipinski definition) is 4. The van der Waals surface area contributed by atoms with Crippen molar-refractivity contribution in [3.63, 3.8) is 0 Å². The summed E-state index contributed by atoms with van der Waals surface area (Å²) in [5.74, 6) is 1.52. The zero-order valence-electron chi connectivity index (χ0n) is 15.5. The number of hydrogen-bond donors (Lipinski definition) is 1. The summed E-state index contributed by atoms with van der Waals surface area (Å²) in [7, 11) is 0. The first-order valence-electron chi connectivity index (χ1n) is 8.43. The summed E-state index contributed by atoms with van der Waals surface area (Å²) in [5, 5.41) is 0. The fourth-order valence-corrected chi connectivity index (χ4v) is 4.39. The molecule has 2 N–H and O–H groups in total. The summed E-state index contributed by atoms with van der Waals surface area (Å²) >= 11 is 1.67. The number of halogens is 1. The summed E-state index contributed by atoms with van der Waals surface area (Å²) in [5.41, 5.74) is 6.04. The Morgan fingerprint density at radius 2 is 1.92 bits per heavy atom. The number of rotatable bonds is 2. The summed E-state index contributed by atoms with van der Waals surface area (Å²) in [6, 6.07) is -0.178. The lowest BCUT2D eigenvalue weighted by molar-refractivity contribution is -0.146. The van der Waals surface area contributed by atoms with Gasteiger partial charge in [0.05, 0.1) is 5.88 Å². The fourth-order valence-electron chi connectivity index (χ4n) is 3.22. The van der Waals surface area contributed by atoms with Gasteiger partial charge in [0.1, 0.15) is 6.04 Å². The number of nitrogens with zero attached hydrogens (tertiary/aromatic N) is 2. The van der Waals surface area contributed by atoms with Crippen LogP contribution in [-0.4, -0.2) is 58.4 Å². The molecule has 2 rings (SSSR count). The Hall–Kier alpha value is -0.460. The second-order valence-electron chi connectivity index (χ2n) is 8.76. The first-order chi connectivity index (χ1) is 10.5. The molecule has 24 heavy (non-hydrogen) atoms. The van der Waals surface area contributed by atoms with Gasteiger partial charge in [-0.25, -0.2) is 0 Å². The van der Waals surface area contributed by atoms with E-state index in [1.807, 2.05) is 4.90 Å². The Morgan fingerprint density at radius 3 is 2.46 bits per heavy atom. The van der Waals surface area contributed by atoms with Gasteiger partial charge < -0.3 is 15.5 Å². The molecule has 2 saturated heterocycles. The van der Waals surface area contributed by atoms with E-state index in [1.54, 1.807) is 16.7 Å². The van der Waals surface area contributed by atoms with Crippen LogP contribution in [0.3, 0.4) is 0 Å². The van der Waals surface area contributed by atoms with Crippen LogP contribution in [0.1, 0.15) is 47.5 Å². The van der Waals surface area contributed by atoms with E-state index < -0.39 is 0 Å². The molecular formula is C17H32ClN3O2S. The number of amides is 2. The molecule has 2 heterocycles. The predicted octanol–water partition coefficient (Wildman–Crippen LogP) is 2.33. The number of carbonyl (C=O) groups is 2. The molecule has 7 heteroatoms. The van der Waals surface area contributed by atoms with Crippen molar-refractivity contribution in [2.45, 2.75) is 59.5 Å². The molecule has 2 atom stereocenters. The monoisotopic (exact) mass is 377 g/mol. The van der Waals surface area contributed by atoms with Gasteiger partial charge in [0.25, 0.3) is 0 Å². The van der Waals surface area contributed by atoms with Gasteiger partial charge in [-0.2, -0.15) is 0 Å². The summed E-state index contributed by atoms with van der Waals surface area (Å²) in [4.78, 5) is 29.2. The average Bonchev–Trinajstić information content (AvgIpc) is 2.88. The number of piperidine rings is 1. The molecule has 0 saturated carbocycles. The van der Waals surface area contributed by atoms with Crippen LogP contribution in [0.2, 0.25) is 0 Å². The van der Waals surface area contributed by atoms with Crippen molar-refractivity contribution in [2.24, 2.45) is 16.6 Å². The molecule has 0 aromatic heterocycles. The standard InChI is InChI=1S/C17H31N3O2S.ClH/c1-16(2,3)8-14(21)20-11-23-9-12(20)15(22)19-7-6-13(18)17(4,5)10-19;/h12-13H,6-11,18H2,1-5H3;1H. The Labute approximate surface area is 156 Å². The lowest BCUT2D eigenvalue weighted by Crippen LogP contribution is -2.58. The Balaban J connectivity index is 0.00000288. The van der Waals surface area contributed by atoms with Gasteiger partial charge in [-0.05, 0) is 17.3 Å². The van der Waals surface area contributed by atoms with Gasteiger partial charge in [0.15, 0.2) is 0 Å². The van der Waals surface area contributed by atoms with Gasteiger partial charge in [0, 0.05) is 31.3 Å². The highest BCUT2D eigenvalue weighted by Gasteiger charge is 2.41. The van der Waals surface area contributed by atoms with Crippen molar-refractivity contribution in [3.8, 4) is 0 Å². The lowest BCUT2D eigenvalue weighted by Gasteiger charge is -2.44. The van der Waals surface area contributed by atoms with Gasteiger partial charge in [0.2, 0.25) is 11.8 Å². The summed E-state index contributed by atoms with van der Waals surface area (Å²) in [6.45, 7) is 11.8. The topological polar surface area (TPSA) is 66.6 Å². The van der Waals surface area contributed by atoms with Crippen molar-refractivity contribution in [1.82, 2.24) is 9.80 Å². The number of thioether (sulfide) groups is 1. The molecule has 2 aliphatic rings. The van der Waals surface area contributed by atoms with Crippen LogP contribution < -0.4 is 5.73 Å². The normalized spacial score (nSPS) is 26.9. The van der Waals surface area contributed by atoms with Crippen molar-refractivity contribution < 1.29 is 9.59 Å². The van der Waals surface area contributed by atoms with Crippen LogP contribution in [0.25, 0.3) is 0 Å². The van der Waals surface area contributed by atoms with Crippen molar-refractivity contribution in [2.75, 3.05) is 24.7 Å². The highest BCUT2D eigenvalue weighted by Crippen LogP contribution is 2.31. The van der Waals surface area contributed by atoms with Crippen LogP contribution in [0.15, 0.2) is 0 Å². The Bertz CT molecular complexity index is 479. The van der Waals surface area contributed by atoms with E-state index in [4.69, 9.17) is 5.73 Å². The second kappa shape index (κ2) is 7.83. The highest BCUT2D eigenvalue weighted by molar-refractivity contribution is 7.99. The summed E-state index contributed by atoms with van der Waals surface area (Å²) < 4.78 is 0. The van der Waals surface area contributed by atoms with Gasteiger partial charge in [-0.1, -0.05) is 34.6 Å². The molecule has 2 amide bonds. The predicted molar refractivity (Wildman–Crippen MR) is 102 cm³/mol. The van der Waals surface area contributed by atoms with E-state index in [-0.39, 0.29) is 47.1 Å². The molecular weight excluding hydrogens is 346 g/mol. The Morgan fingerprint density at radius 1 is 1.29 bits per heavy atom. The quantitative estimate of drug-likeness (QED) is 0.802. The summed E-state index contributed by atoms with van der Waals surface area (Å²) in [6.07, 6.45) is 1.31. The van der Waals surface area contributed by atoms with E-state index >= 15 is 0 Å². The molecule has 2 fully saturated rings.